The van der Waals surface area contributed by atoms with E-state index >= 15 is 0 Å². The number of benzene rings is 1. The van der Waals surface area contributed by atoms with Crippen LogP contribution in [0.5, 0.6) is 0 Å². The lowest BCUT2D eigenvalue weighted by atomic mass is 9.88. The monoisotopic (exact) mass is 332 g/mol. The zero-order valence-electron chi connectivity index (χ0n) is 17.6. The van der Waals surface area contributed by atoms with Crippen molar-refractivity contribution >= 4 is 0 Å². The highest BCUT2D eigenvalue weighted by Crippen LogP contribution is 2.24. The van der Waals surface area contributed by atoms with Crippen molar-refractivity contribution in [1.82, 2.24) is 0 Å². The second kappa shape index (κ2) is 9.61. The van der Waals surface area contributed by atoms with Gasteiger partial charge in [0.05, 0.1) is 20.6 Å². The summed E-state index contributed by atoms with van der Waals surface area (Å²) in [6, 6.07) is 9.35. The molecule has 0 aromatic heterocycles. The van der Waals surface area contributed by atoms with Gasteiger partial charge in [-0.05, 0) is 42.6 Å². The average molecular weight is 333 g/mol. The summed E-state index contributed by atoms with van der Waals surface area (Å²) in [4.78, 5) is 0. The van der Waals surface area contributed by atoms with E-state index < -0.39 is 0 Å². The number of hydrogen-bond donors (Lipinski definition) is 0. The Labute approximate surface area is 152 Å². The lowest BCUT2D eigenvalue weighted by Crippen LogP contribution is -2.43. The normalized spacial score (nSPS) is 12.8. The Bertz CT molecular complexity index is 443. The van der Waals surface area contributed by atoms with Crippen LogP contribution >= 0.6 is 0 Å². The van der Waals surface area contributed by atoms with Crippen LogP contribution in [0, 0.1) is 23.7 Å². The molecule has 0 saturated heterocycles. The van der Waals surface area contributed by atoms with Crippen LogP contribution in [-0.4, -0.2) is 25.1 Å². The summed E-state index contributed by atoms with van der Waals surface area (Å²) in [6.45, 7) is 16.4. The first-order chi connectivity index (χ1) is 11.1. The lowest BCUT2D eigenvalue weighted by molar-refractivity contribution is -0.907. The highest BCUT2D eigenvalue weighted by Gasteiger charge is 2.24. The third kappa shape index (κ3) is 8.87. The van der Waals surface area contributed by atoms with Gasteiger partial charge in [-0.3, -0.25) is 0 Å². The van der Waals surface area contributed by atoms with E-state index in [1.807, 2.05) is 0 Å². The molecule has 0 heterocycles. The van der Waals surface area contributed by atoms with E-state index in [0.717, 1.165) is 34.7 Å². The van der Waals surface area contributed by atoms with E-state index in [4.69, 9.17) is 0 Å². The second-order valence-electron chi connectivity index (χ2n) is 9.82. The first-order valence-electron chi connectivity index (χ1n) is 9.97. The molecule has 0 fully saturated rings. The first-order valence-corrected chi connectivity index (χ1v) is 9.97. The molecule has 0 aliphatic carbocycles. The lowest BCUT2D eigenvalue weighted by Gasteiger charge is -2.35. The molecule has 0 spiro atoms. The van der Waals surface area contributed by atoms with Crippen LogP contribution in [0.3, 0.4) is 0 Å². The summed E-state index contributed by atoms with van der Waals surface area (Å²) in [6.07, 6.45) is 3.89. The molecule has 1 heteroatoms. The van der Waals surface area contributed by atoms with Crippen LogP contribution in [0.2, 0.25) is 0 Å². The van der Waals surface area contributed by atoms with Crippen molar-refractivity contribution in [2.75, 3.05) is 20.6 Å². The summed E-state index contributed by atoms with van der Waals surface area (Å²) >= 11 is 0. The molecule has 0 aliphatic rings. The smallest absolute Gasteiger partial charge is 0.104 e. The highest BCUT2D eigenvalue weighted by atomic mass is 15.3. The standard InChI is InChI=1S/C23H42N/c1-18(2)13-21-9-11-22(12-10-21)16-24(7,8)17-23(14-19(3)4)15-20(5)6/h9-12,18-20,23H,13-17H2,1-8H3/q+1. The molecule has 0 saturated carbocycles. The van der Waals surface area contributed by atoms with Crippen molar-refractivity contribution in [1.29, 1.82) is 0 Å². The van der Waals surface area contributed by atoms with Gasteiger partial charge in [-0.2, -0.15) is 0 Å². The van der Waals surface area contributed by atoms with Crippen LogP contribution in [0.1, 0.15) is 65.5 Å². The summed E-state index contributed by atoms with van der Waals surface area (Å²) in [5, 5.41) is 0. The molecule has 1 aromatic carbocycles. The minimum atomic E-state index is 0.732. The van der Waals surface area contributed by atoms with Crippen molar-refractivity contribution in [3.63, 3.8) is 0 Å². The molecule has 0 radical (unpaired) electrons. The highest BCUT2D eigenvalue weighted by molar-refractivity contribution is 5.22. The SMILES string of the molecule is CC(C)Cc1ccc(C[N+](C)(C)CC(CC(C)C)CC(C)C)cc1. The van der Waals surface area contributed by atoms with Gasteiger partial charge in [0.25, 0.3) is 0 Å². The molecule has 0 amide bonds. The molecule has 24 heavy (non-hydrogen) atoms. The minimum absolute atomic E-state index is 0.732. The predicted octanol–water partition coefficient (Wildman–Crippen LogP) is 6.17. The summed E-state index contributed by atoms with van der Waals surface area (Å²) in [5.74, 6) is 3.16. The zero-order valence-corrected chi connectivity index (χ0v) is 17.6. The van der Waals surface area contributed by atoms with Crippen LogP contribution in [-0.2, 0) is 13.0 Å². The third-order valence-electron chi connectivity index (χ3n) is 4.64. The van der Waals surface area contributed by atoms with Gasteiger partial charge < -0.3 is 4.48 Å². The van der Waals surface area contributed by atoms with Gasteiger partial charge in [-0.15, -0.1) is 0 Å². The largest absolute Gasteiger partial charge is 0.324 e. The molecule has 0 bridgehead atoms. The van der Waals surface area contributed by atoms with Crippen LogP contribution < -0.4 is 0 Å². The van der Waals surface area contributed by atoms with Gasteiger partial charge in [0.15, 0.2) is 0 Å². The van der Waals surface area contributed by atoms with Crippen LogP contribution in [0.25, 0.3) is 0 Å². The molecule has 1 nitrogen and oxygen atoms in total. The van der Waals surface area contributed by atoms with Crippen molar-refractivity contribution in [2.24, 2.45) is 23.7 Å². The van der Waals surface area contributed by atoms with Crippen molar-refractivity contribution in [3.8, 4) is 0 Å². The van der Waals surface area contributed by atoms with Gasteiger partial charge in [-0.1, -0.05) is 65.8 Å². The number of nitrogens with zero attached hydrogens (tertiary/aromatic N) is 1. The fraction of sp³-hybridized carbons (Fsp3) is 0.739. The second-order valence-corrected chi connectivity index (χ2v) is 9.82. The topological polar surface area (TPSA) is 0 Å². The Hall–Kier alpha value is -0.820. The predicted molar refractivity (Wildman–Crippen MR) is 108 cm³/mol. The van der Waals surface area contributed by atoms with Crippen molar-refractivity contribution < 1.29 is 4.48 Å². The quantitative estimate of drug-likeness (QED) is 0.449. The molecule has 0 unspecified atom stereocenters. The molecule has 0 N–H and O–H groups in total. The Balaban J connectivity index is 2.68. The summed E-state index contributed by atoms with van der Waals surface area (Å²) < 4.78 is 1.09. The Kier molecular flexibility index (Phi) is 8.50. The van der Waals surface area contributed by atoms with Crippen molar-refractivity contribution in [3.05, 3.63) is 35.4 Å². The van der Waals surface area contributed by atoms with Gasteiger partial charge >= 0.3 is 0 Å². The molecule has 138 valence electrons. The Morgan fingerprint density at radius 3 is 1.58 bits per heavy atom. The van der Waals surface area contributed by atoms with E-state index in [1.54, 1.807) is 0 Å². The van der Waals surface area contributed by atoms with E-state index in [-0.39, 0.29) is 0 Å². The van der Waals surface area contributed by atoms with E-state index in [0.29, 0.717) is 0 Å². The fourth-order valence-corrected chi connectivity index (χ4v) is 4.09. The molecule has 1 aromatic rings. The maximum Gasteiger partial charge on any atom is 0.104 e. The first kappa shape index (κ1) is 21.2. The fourth-order valence-electron chi connectivity index (χ4n) is 4.09. The van der Waals surface area contributed by atoms with Gasteiger partial charge in [-0.25, -0.2) is 0 Å². The van der Waals surface area contributed by atoms with E-state index in [1.165, 1.54) is 36.9 Å². The number of hydrogen-bond acceptors (Lipinski definition) is 0. The van der Waals surface area contributed by atoms with Crippen molar-refractivity contribution in [2.45, 2.75) is 67.3 Å². The zero-order chi connectivity index (χ0) is 18.3. The Morgan fingerprint density at radius 2 is 1.17 bits per heavy atom. The number of quaternary nitrogens is 1. The van der Waals surface area contributed by atoms with E-state index in [2.05, 4.69) is 79.9 Å². The third-order valence-corrected chi connectivity index (χ3v) is 4.64. The van der Waals surface area contributed by atoms with Gasteiger partial charge in [0.1, 0.15) is 6.54 Å². The van der Waals surface area contributed by atoms with Crippen LogP contribution in [0.4, 0.5) is 0 Å². The maximum absolute atomic E-state index is 2.40. The molecule has 0 aliphatic heterocycles. The maximum atomic E-state index is 2.40. The summed E-state index contributed by atoms with van der Waals surface area (Å²) in [7, 11) is 4.80. The Morgan fingerprint density at radius 1 is 0.708 bits per heavy atom. The molecule has 1 rings (SSSR count). The minimum Gasteiger partial charge on any atom is -0.324 e. The van der Waals surface area contributed by atoms with E-state index in [9.17, 15) is 0 Å². The van der Waals surface area contributed by atoms with Gasteiger partial charge in [0.2, 0.25) is 0 Å². The summed E-state index contributed by atoms with van der Waals surface area (Å²) in [5.41, 5.74) is 2.94. The molecule has 0 atom stereocenters. The number of rotatable bonds is 10. The average Bonchev–Trinajstić information content (AvgIpc) is 2.37. The molecular formula is C23H42N+. The molecular weight excluding hydrogens is 290 g/mol. The van der Waals surface area contributed by atoms with Gasteiger partial charge in [0, 0.05) is 11.5 Å². The van der Waals surface area contributed by atoms with Crippen LogP contribution in [0.15, 0.2) is 24.3 Å².